The first kappa shape index (κ1) is 13.1. The van der Waals surface area contributed by atoms with Gasteiger partial charge in [-0.3, -0.25) is 9.78 Å². The Morgan fingerprint density at radius 1 is 1.06 bits per heavy atom. The highest BCUT2D eigenvalue weighted by Crippen LogP contribution is 2.21. The number of rotatable bonds is 4. The largest absolute Gasteiger partial charge is 0.299 e. The molecule has 1 aromatic carbocycles. The van der Waals surface area contributed by atoms with Crippen molar-refractivity contribution < 1.29 is 4.79 Å². The Labute approximate surface area is 116 Å². The van der Waals surface area contributed by atoms with Crippen LogP contribution in [0.1, 0.15) is 11.1 Å². The molecule has 2 aromatic rings. The first-order chi connectivity index (χ1) is 8.65. The van der Waals surface area contributed by atoms with Crippen molar-refractivity contribution in [2.75, 3.05) is 0 Å². The minimum absolute atomic E-state index is 0.116. The monoisotopic (exact) mass is 279 g/mol. The van der Waals surface area contributed by atoms with Gasteiger partial charge in [-0.1, -0.05) is 29.3 Å². The Morgan fingerprint density at radius 3 is 2.44 bits per heavy atom. The third-order valence-electron chi connectivity index (χ3n) is 2.55. The van der Waals surface area contributed by atoms with Gasteiger partial charge in [-0.15, -0.1) is 0 Å². The third kappa shape index (κ3) is 3.56. The molecule has 0 atom stereocenters. The van der Waals surface area contributed by atoms with E-state index in [1.165, 1.54) is 0 Å². The molecular weight excluding hydrogens is 269 g/mol. The number of benzene rings is 1. The van der Waals surface area contributed by atoms with Gasteiger partial charge < -0.3 is 0 Å². The van der Waals surface area contributed by atoms with Crippen LogP contribution < -0.4 is 0 Å². The number of hydrogen-bond acceptors (Lipinski definition) is 2. The second-order valence-electron chi connectivity index (χ2n) is 3.98. The van der Waals surface area contributed by atoms with Crippen LogP contribution in [0.3, 0.4) is 0 Å². The topological polar surface area (TPSA) is 30.0 Å². The molecule has 0 saturated heterocycles. The van der Waals surface area contributed by atoms with Crippen LogP contribution in [0, 0.1) is 0 Å². The molecule has 18 heavy (non-hydrogen) atoms. The lowest BCUT2D eigenvalue weighted by Crippen LogP contribution is -2.07. The van der Waals surface area contributed by atoms with Crippen molar-refractivity contribution in [3.05, 3.63) is 63.9 Å². The maximum Gasteiger partial charge on any atom is 0.141 e. The Hall–Kier alpha value is -1.38. The smallest absolute Gasteiger partial charge is 0.141 e. The van der Waals surface area contributed by atoms with Crippen molar-refractivity contribution in [2.45, 2.75) is 12.8 Å². The van der Waals surface area contributed by atoms with Crippen LogP contribution in [0.4, 0.5) is 0 Å². The molecule has 0 bridgehead atoms. The van der Waals surface area contributed by atoms with Crippen LogP contribution in [0.2, 0.25) is 10.0 Å². The summed E-state index contributed by atoms with van der Waals surface area (Å²) in [6, 6.07) is 8.85. The molecule has 0 aliphatic carbocycles. The van der Waals surface area contributed by atoms with E-state index in [4.69, 9.17) is 23.2 Å². The van der Waals surface area contributed by atoms with Gasteiger partial charge in [-0.2, -0.15) is 0 Å². The van der Waals surface area contributed by atoms with Gasteiger partial charge >= 0.3 is 0 Å². The highest BCUT2D eigenvalue weighted by Gasteiger charge is 2.08. The fourth-order valence-corrected chi connectivity index (χ4v) is 2.14. The van der Waals surface area contributed by atoms with Crippen LogP contribution in [-0.4, -0.2) is 10.8 Å². The lowest BCUT2D eigenvalue weighted by molar-refractivity contribution is -0.117. The molecule has 4 heteroatoms. The van der Waals surface area contributed by atoms with E-state index < -0.39 is 0 Å². The summed E-state index contributed by atoms with van der Waals surface area (Å²) in [4.78, 5) is 15.8. The van der Waals surface area contributed by atoms with Crippen LogP contribution >= 0.6 is 23.2 Å². The van der Waals surface area contributed by atoms with Crippen LogP contribution in [0.15, 0.2) is 42.7 Å². The molecule has 0 fully saturated rings. The van der Waals surface area contributed by atoms with E-state index in [0.29, 0.717) is 22.9 Å². The van der Waals surface area contributed by atoms with Crippen molar-refractivity contribution >= 4 is 29.0 Å². The highest BCUT2D eigenvalue weighted by molar-refractivity contribution is 6.35. The Bertz CT molecular complexity index is 555. The number of carbonyl (C=O) groups excluding carboxylic acids is 1. The average Bonchev–Trinajstić information content (AvgIpc) is 2.34. The summed E-state index contributed by atoms with van der Waals surface area (Å²) in [7, 11) is 0. The number of halogens is 2. The molecule has 0 spiro atoms. The molecule has 0 unspecified atom stereocenters. The Morgan fingerprint density at radius 2 is 1.78 bits per heavy atom. The standard InChI is InChI=1S/C14H11Cl2NO/c15-12-2-1-11(14(16)9-12)8-13(18)7-10-3-5-17-6-4-10/h1-6,9H,7-8H2. The molecule has 92 valence electrons. The predicted octanol–water partition coefficient (Wildman–Crippen LogP) is 3.74. The Balaban J connectivity index is 2.03. The predicted molar refractivity (Wildman–Crippen MR) is 73.1 cm³/mol. The first-order valence-electron chi connectivity index (χ1n) is 5.49. The molecule has 1 heterocycles. The number of carbonyl (C=O) groups is 1. The lowest BCUT2D eigenvalue weighted by atomic mass is 10.0. The number of hydrogen-bond donors (Lipinski definition) is 0. The van der Waals surface area contributed by atoms with Crippen LogP contribution in [0.25, 0.3) is 0 Å². The molecule has 0 radical (unpaired) electrons. The summed E-state index contributed by atoms with van der Waals surface area (Å²) in [5.74, 6) is 0.116. The van der Waals surface area contributed by atoms with E-state index in [0.717, 1.165) is 11.1 Å². The Kier molecular flexibility index (Phi) is 4.34. The van der Waals surface area contributed by atoms with Gasteiger partial charge in [0.05, 0.1) is 0 Å². The summed E-state index contributed by atoms with van der Waals surface area (Å²) in [6.07, 6.45) is 4.07. The van der Waals surface area contributed by atoms with E-state index in [9.17, 15) is 4.79 Å². The van der Waals surface area contributed by atoms with E-state index in [1.54, 1.807) is 30.6 Å². The number of nitrogens with zero attached hydrogens (tertiary/aromatic N) is 1. The molecule has 0 saturated carbocycles. The number of Topliss-reactive ketones (excluding diaryl/α,β-unsaturated/α-hetero) is 1. The summed E-state index contributed by atoms with van der Waals surface area (Å²) in [6.45, 7) is 0. The molecule has 1 aromatic heterocycles. The van der Waals surface area contributed by atoms with E-state index in [1.807, 2.05) is 12.1 Å². The van der Waals surface area contributed by atoms with Crippen LogP contribution in [-0.2, 0) is 17.6 Å². The normalized spacial score (nSPS) is 10.3. The van der Waals surface area contributed by atoms with Gasteiger partial charge in [0.2, 0.25) is 0 Å². The van der Waals surface area contributed by atoms with E-state index >= 15 is 0 Å². The van der Waals surface area contributed by atoms with Crippen LogP contribution in [0.5, 0.6) is 0 Å². The maximum atomic E-state index is 11.9. The molecule has 2 rings (SSSR count). The molecule has 0 aliphatic heterocycles. The molecule has 0 aliphatic rings. The molecule has 0 amide bonds. The zero-order chi connectivity index (χ0) is 13.0. The van der Waals surface area contributed by atoms with E-state index in [2.05, 4.69) is 4.98 Å². The zero-order valence-electron chi connectivity index (χ0n) is 9.57. The van der Waals surface area contributed by atoms with Gasteiger partial charge in [0.15, 0.2) is 0 Å². The molecular formula is C14H11Cl2NO. The second-order valence-corrected chi connectivity index (χ2v) is 4.83. The van der Waals surface area contributed by atoms with E-state index in [-0.39, 0.29) is 5.78 Å². The summed E-state index contributed by atoms with van der Waals surface area (Å²) < 4.78 is 0. The van der Waals surface area contributed by atoms with Gasteiger partial charge in [0, 0.05) is 35.3 Å². The fraction of sp³-hybridized carbons (Fsp3) is 0.143. The van der Waals surface area contributed by atoms with Gasteiger partial charge in [0.1, 0.15) is 5.78 Å². The van der Waals surface area contributed by atoms with Crippen molar-refractivity contribution in [3.8, 4) is 0 Å². The quantitative estimate of drug-likeness (QED) is 0.853. The summed E-state index contributed by atoms with van der Waals surface area (Å²) in [5.41, 5.74) is 1.76. The van der Waals surface area contributed by atoms with Crippen molar-refractivity contribution in [1.29, 1.82) is 0 Å². The number of aromatic nitrogens is 1. The summed E-state index contributed by atoms with van der Waals surface area (Å²) in [5, 5.41) is 1.11. The van der Waals surface area contributed by atoms with Gasteiger partial charge in [0.25, 0.3) is 0 Å². The van der Waals surface area contributed by atoms with Gasteiger partial charge in [-0.25, -0.2) is 0 Å². The minimum Gasteiger partial charge on any atom is -0.299 e. The SMILES string of the molecule is O=C(Cc1ccncc1)Cc1ccc(Cl)cc1Cl. The summed E-state index contributed by atoms with van der Waals surface area (Å²) >= 11 is 11.8. The highest BCUT2D eigenvalue weighted by atomic mass is 35.5. The van der Waals surface area contributed by atoms with Gasteiger partial charge in [-0.05, 0) is 35.4 Å². The minimum atomic E-state index is 0.116. The maximum absolute atomic E-state index is 11.9. The van der Waals surface area contributed by atoms with Crippen molar-refractivity contribution in [2.24, 2.45) is 0 Å². The zero-order valence-corrected chi connectivity index (χ0v) is 11.1. The average molecular weight is 280 g/mol. The van der Waals surface area contributed by atoms with Crippen molar-refractivity contribution in [3.63, 3.8) is 0 Å². The third-order valence-corrected chi connectivity index (χ3v) is 3.14. The fourth-order valence-electron chi connectivity index (χ4n) is 1.67. The molecule has 2 nitrogen and oxygen atoms in total. The lowest BCUT2D eigenvalue weighted by Gasteiger charge is -2.04. The van der Waals surface area contributed by atoms with Crippen molar-refractivity contribution in [1.82, 2.24) is 4.98 Å². The second kappa shape index (κ2) is 5.98. The number of ketones is 1. The first-order valence-corrected chi connectivity index (χ1v) is 6.25. The molecule has 0 N–H and O–H groups in total. The number of pyridine rings is 1.